The Balaban J connectivity index is 1.40. The number of anilines is 3. The van der Waals surface area contributed by atoms with E-state index in [2.05, 4.69) is 44.3 Å². The summed E-state index contributed by atoms with van der Waals surface area (Å²) in [6, 6.07) is 9.91. The summed E-state index contributed by atoms with van der Waals surface area (Å²) in [7, 11) is 2.16. The Morgan fingerprint density at radius 3 is 2.43 bits per heavy atom. The molecule has 2 aliphatic rings. The van der Waals surface area contributed by atoms with Gasteiger partial charge >= 0.3 is 0 Å². The van der Waals surface area contributed by atoms with Gasteiger partial charge in [0.15, 0.2) is 0 Å². The van der Waals surface area contributed by atoms with E-state index in [9.17, 15) is 4.79 Å². The van der Waals surface area contributed by atoms with Crippen molar-refractivity contribution in [2.24, 2.45) is 0 Å². The molecule has 2 aromatic rings. The molecule has 8 heteroatoms. The molecule has 1 amide bonds. The number of benzene rings is 1. The largest absolute Gasteiger partial charge is 0.378 e. The van der Waals surface area contributed by atoms with Crippen molar-refractivity contribution in [3.63, 3.8) is 0 Å². The molecule has 0 atom stereocenters. The van der Waals surface area contributed by atoms with Gasteiger partial charge in [-0.1, -0.05) is 0 Å². The van der Waals surface area contributed by atoms with Crippen molar-refractivity contribution in [2.45, 2.75) is 0 Å². The zero-order valence-electron chi connectivity index (χ0n) is 16.2. The van der Waals surface area contributed by atoms with Gasteiger partial charge in [0.05, 0.1) is 13.2 Å². The lowest BCUT2D eigenvalue weighted by molar-refractivity contribution is 0.0299. The smallest absolute Gasteiger partial charge is 0.272 e. The molecule has 28 heavy (non-hydrogen) atoms. The van der Waals surface area contributed by atoms with E-state index < -0.39 is 0 Å². The van der Waals surface area contributed by atoms with E-state index in [0.717, 1.165) is 31.9 Å². The van der Waals surface area contributed by atoms with Gasteiger partial charge in [-0.15, -0.1) is 0 Å². The van der Waals surface area contributed by atoms with Crippen LogP contribution in [0, 0.1) is 0 Å². The van der Waals surface area contributed by atoms with Gasteiger partial charge in [0.25, 0.3) is 5.91 Å². The Morgan fingerprint density at radius 1 is 1.00 bits per heavy atom. The monoisotopic (exact) mass is 382 g/mol. The van der Waals surface area contributed by atoms with Crippen LogP contribution in [0.4, 0.5) is 17.3 Å². The molecule has 0 unspecified atom stereocenters. The molecular weight excluding hydrogens is 356 g/mol. The van der Waals surface area contributed by atoms with Gasteiger partial charge in [0.2, 0.25) is 5.95 Å². The van der Waals surface area contributed by atoms with Gasteiger partial charge < -0.3 is 24.8 Å². The summed E-state index contributed by atoms with van der Waals surface area (Å²) < 4.78 is 5.30. The van der Waals surface area contributed by atoms with Crippen molar-refractivity contribution in [2.75, 3.05) is 69.7 Å². The summed E-state index contributed by atoms with van der Waals surface area (Å²) in [5.41, 5.74) is 2.51. The molecule has 0 radical (unpaired) electrons. The highest BCUT2D eigenvalue weighted by Gasteiger charge is 2.20. The molecule has 0 spiro atoms. The first-order chi connectivity index (χ1) is 13.7. The Morgan fingerprint density at radius 2 is 1.71 bits per heavy atom. The summed E-state index contributed by atoms with van der Waals surface area (Å²) >= 11 is 0. The predicted molar refractivity (Wildman–Crippen MR) is 108 cm³/mol. The molecule has 1 aromatic carbocycles. The van der Waals surface area contributed by atoms with Crippen LogP contribution in [0.1, 0.15) is 10.5 Å². The summed E-state index contributed by atoms with van der Waals surface area (Å²) in [5, 5.41) is 3.19. The van der Waals surface area contributed by atoms with Crippen LogP contribution in [0.15, 0.2) is 36.5 Å². The first-order valence-corrected chi connectivity index (χ1v) is 9.70. The van der Waals surface area contributed by atoms with E-state index in [1.165, 1.54) is 5.69 Å². The number of morpholine rings is 1. The number of ether oxygens (including phenoxy) is 1. The number of nitrogens with zero attached hydrogens (tertiary/aromatic N) is 5. The van der Waals surface area contributed by atoms with E-state index in [0.29, 0.717) is 37.9 Å². The minimum Gasteiger partial charge on any atom is -0.378 e. The van der Waals surface area contributed by atoms with E-state index >= 15 is 0 Å². The number of carbonyl (C=O) groups is 1. The summed E-state index contributed by atoms with van der Waals surface area (Å²) in [6.07, 6.45) is 1.61. The van der Waals surface area contributed by atoms with Gasteiger partial charge in [-0.3, -0.25) is 4.79 Å². The fraction of sp³-hybridized carbons (Fsp3) is 0.450. The number of hydrogen-bond donors (Lipinski definition) is 1. The number of hydrogen-bond acceptors (Lipinski definition) is 7. The van der Waals surface area contributed by atoms with Crippen LogP contribution in [0.25, 0.3) is 0 Å². The highest BCUT2D eigenvalue weighted by molar-refractivity contribution is 5.92. The van der Waals surface area contributed by atoms with E-state index in [1.54, 1.807) is 17.2 Å². The van der Waals surface area contributed by atoms with Crippen molar-refractivity contribution < 1.29 is 9.53 Å². The number of nitrogens with one attached hydrogen (secondary N) is 1. The van der Waals surface area contributed by atoms with Crippen molar-refractivity contribution >= 4 is 23.2 Å². The number of rotatable bonds is 4. The topological polar surface area (TPSA) is 73.8 Å². The number of amides is 1. The van der Waals surface area contributed by atoms with Crippen LogP contribution in [-0.4, -0.2) is 85.2 Å². The predicted octanol–water partition coefficient (Wildman–Crippen LogP) is 1.44. The third-order valence-corrected chi connectivity index (χ3v) is 5.16. The third-order valence-electron chi connectivity index (χ3n) is 5.16. The molecule has 3 heterocycles. The zero-order valence-corrected chi connectivity index (χ0v) is 16.2. The Labute approximate surface area is 165 Å². The van der Waals surface area contributed by atoms with E-state index in [-0.39, 0.29) is 5.91 Å². The maximum absolute atomic E-state index is 12.6. The summed E-state index contributed by atoms with van der Waals surface area (Å²) in [5.74, 6) is 0.339. The number of aromatic nitrogens is 2. The maximum atomic E-state index is 12.6. The standard InChI is InChI=1S/C20H26N6O2/c1-24-8-10-25(11-9-24)17-4-2-16(3-5-17)22-20-21-7-6-18(23-20)19(27)26-12-14-28-15-13-26/h2-7H,8-15H2,1H3,(H,21,22,23). The van der Waals surface area contributed by atoms with E-state index in [4.69, 9.17) is 4.74 Å². The van der Waals surface area contributed by atoms with Gasteiger partial charge in [-0.2, -0.15) is 0 Å². The molecule has 148 valence electrons. The van der Waals surface area contributed by atoms with Gasteiger partial charge in [0, 0.05) is 56.8 Å². The van der Waals surface area contributed by atoms with Crippen molar-refractivity contribution in [3.05, 3.63) is 42.2 Å². The Bertz CT molecular complexity index is 799. The third kappa shape index (κ3) is 4.40. The molecule has 0 bridgehead atoms. The second-order valence-corrected chi connectivity index (χ2v) is 7.13. The van der Waals surface area contributed by atoms with E-state index in [1.807, 2.05) is 12.1 Å². The molecule has 0 aliphatic carbocycles. The highest BCUT2D eigenvalue weighted by Crippen LogP contribution is 2.21. The van der Waals surface area contributed by atoms with Crippen LogP contribution >= 0.6 is 0 Å². The molecule has 0 saturated carbocycles. The van der Waals surface area contributed by atoms with Crippen LogP contribution in [0.3, 0.4) is 0 Å². The maximum Gasteiger partial charge on any atom is 0.272 e. The average Bonchev–Trinajstić information content (AvgIpc) is 2.75. The SMILES string of the molecule is CN1CCN(c2ccc(Nc3nccc(C(=O)N4CCOCC4)n3)cc2)CC1. The molecule has 4 rings (SSSR count). The molecule has 1 aromatic heterocycles. The highest BCUT2D eigenvalue weighted by atomic mass is 16.5. The lowest BCUT2D eigenvalue weighted by atomic mass is 10.2. The number of piperazine rings is 1. The van der Waals surface area contributed by atoms with Crippen LogP contribution in [0.5, 0.6) is 0 Å². The fourth-order valence-corrected chi connectivity index (χ4v) is 3.42. The molecule has 2 fully saturated rings. The molecule has 1 N–H and O–H groups in total. The van der Waals surface area contributed by atoms with Crippen molar-refractivity contribution in [1.82, 2.24) is 19.8 Å². The lowest BCUT2D eigenvalue weighted by Gasteiger charge is -2.34. The normalized spacial score (nSPS) is 18.2. The van der Waals surface area contributed by atoms with Crippen molar-refractivity contribution in [1.29, 1.82) is 0 Å². The average molecular weight is 382 g/mol. The minimum atomic E-state index is -0.0841. The van der Waals surface area contributed by atoms with Crippen LogP contribution in [0.2, 0.25) is 0 Å². The van der Waals surface area contributed by atoms with Gasteiger partial charge in [0.1, 0.15) is 5.69 Å². The zero-order chi connectivity index (χ0) is 19.3. The second-order valence-electron chi connectivity index (χ2n) is 7.13. The Kier molecular flexibility index (Phi) is 5.68. The van der Waals surface area contributed by atoms with Crippen LogP contribution < -0.4 is 10.2 Å². The van der Waals surface area contributed by atoms with Crippen molar-refractivity contribution in [3.8, 4) is 0 Å². The lowest BCUT2D eigenvalue weighted by Crippen LogP contribution is -2.44. The molecule has 2 saturated heterocycles. The number of carbonyl (C=O) groups excluding carboxylic acids is 1. The second kappa shape index (κ2) is 8.53. The first kappa shape index (κ1) is 18.6. The minimum absolute atomic E-state index is 0.0841. The number of likely N-dealkylation sites (N-methyl/N-ethyl adjacent to an activating group) is 1. The molecule has 2 aliphatic heterocycles. The summed E-state index contributed by atoms with van der Waals surface area (Å²) in [6.45, 7) is 6.58. The van der Waals surface area contributed by atoms with Gasteiger partial charge in [-0.05, 0) is 37.4 Å². The molecular formula is C20H26N6O2. The molecule has 8 nitrogen and oxygen atoms in total. The fourth-order valence-electron chi connectivity index (χ4n) is 3.42. The van der Waals surface area contributed by atoms with Crippen LogP contribution in [-0.2, 0) is 4.74 Å². The van der Waals surface area contributed by atoms with Gasteiger partial charge in [-0.25, -0.2) is 9.97 Å². The first-order valence-electron chi connectivity index (χ1n) is 9.70. The quantitative estimate of drug-likeness (QED) is 0.858. The Hall–Kier alpha value is -2.71. The summed E-state index contributed by atoms with van der Waals surface area (Å²) in [4.78, 5) is 27.7.